The lowest BCUT2D eigenvalue weighted by atomic mass is 9.83. The molecule has 144 valence electrons. The zero-order chi connectivity index (χ0) is 18.7. The van der Waals surface area contributed by atoms with Gasteiger partial charge in [-0.1, -0.05) is 43.5 Å². The summed E-state index contributed by atoms with van der Waals surface area (Å²) in [4.78, 5) is 11.7. The first-order valence-corrected chi connectivity index (χ1v) is 11.0. The second kappa shape index (κ2) is 7.96. The van der Waals surface area contributed by atoms with E-state index in [0.29, 0.717) is 5.92 Å². The molecule has 2 N–H and O–H groups in total. The average molecular weight is 381 g/mol. The van der Waals surface area contributed by atoms with Crippen LogP contribution in [0.3, 0.4) is 0 Å². The Morgan fingerprint density at radius 3 is 2.31 bits per heavy atom. The standard InChI is InChI=1S/C19H28N2O4S/c1-13(2)26(23,24)21-17-12-20-19(22)25-18(17)16-10-8-15(9-11-16)14-6-4-3-5-7-14/h8-11,13-14,17-18,21H,3-7,12H2,1-2H3,(H,20,22). The molecule has 1 amide bonds. The van der Waals surface area contributed by atoms with Gasteiger partial charge in [0.05, 0.1) is 11.3 Å². The van der Waals surface area contributed by atoms with E-state index >= 15 is 0 Å². The minimum atomic E-state index is -3.46. The molecule has 2 fully saturated rings. The van der Waals surface area contributed by atoms with Gasteiger partial charge in [0, 0.05) is 6.54 Å². The SMILES string of the molecule is CC(C)S(=O)(=O)NC1CNC(=O)OC1c1ccc(C2CCCCC2)cc1. The van der Waals surface area contributed by atoms with Crippen molar-refractivity contribution >= 4 is 16.1 Å². The van der Waals surface area contributed by atoms with E-state index in [4.69, 9.17) is 4.74 Å². The van der Waals surface area contributed by atoms with Crippen molar-refractivity contribution in [3.05, 3.63) is 35.4 Å². The van der Waals surface area contributed by atoms with Crippen molar-refractivity contribution in [3.63, 3.8) is 0 Å². The molecule has 6 nitrogen and oxygen atoms in total. The van der Waals surface area contributed by atoms with Crippen LogP contribution < -0.4 is 10.0 Å². The van der Waals surface area contributed by atoms with Crippen molar-refractivity contribution in [3.8, 4) is 0 Å². The van der Waals surface area contributed by atoms with Crippen LogP contribution in [0.1, 0.15) is 69.1 Å². The largest absolute Gasteiger partial charge is 0.440 e. The van der Waals surface area contributed by atoms with Gasteiger partial charge in [0.15, 0.2) is 0 Å². The molecule has 1 saturated heterocycles. The summed E-state index contributed by atoms with van der Waals surface area (Å²) in [6.45, 7) is 3.46. The predicted molar refractivity (Wildman–Crippen MR) is 100 cm³/mol. The van der Waals surface area contributed by atoms with Crippen LogP contribution in [0.5, 0.6) is 0 Å². The molecule has 2 atom stereocenters. The number of hydrogen-bond acceptors (Lipinski definition) is 4. The number of carbonyl (C=O) groups excluding carboxylic acids is 1. The number of amides is 1. The number of carbonyl (C=O) groups is 1. The van der Waals surface area contributed by atoms with Gasteiger partial charge >= 0.3 is 6.09 Å². The quantitative estimate of drug-likeness (QED) is 0.821. The molecule has 1 aliphatic carbocycles. The Labute approximate surface area is 155 Å². The summed E-state index contributed by atoms with van der Waals surface area (Å²) in [5.41, 5.74) is 2.13. The molecule has 2 unspecified atom stereocenters. The number of ether oxygens (including phenoxy) is 1. The third-order valence-corrected chi connectivity index (χ3v) is 7.22. The summed E-state index contributed by atoms with van der Waals surface area (Å²) >= 11 is 0. The summed E-state index contributed by atoms with van der Waals surface area (Å²) in [7, 11) is -3.46. The molecule has 3 rings (SSSR count). The van der Waals surface area contributed by atoms with Crippen molar-refractivity contribution in [1.82, 2.24) is 10.0 Å². The highest BCUT2D eigenvalue weighted by Crippen LogP contribution is 2.34. The van der Waals surface area contributed by atoms with E-state index in [1.165, 1.54) is 37.7 Å². The van der Waals surface area contributed by atoms with Gasteiger partial charge < -0.3 is 10.1 Å². The van der Waals surface area contributed by atoms with Gasteiger partial charge in [0.1, 0.15) is 6.10 Å². The molecular weight excluding hydrogens is 352 g/mol. The fraction of sp³-hybridized carbons (Fsp3) is 0.632. The molecule has 1 saturated carbocycles. The monoisotopic (exact) mass is 380 g/mol. The van der Waals surface area contributed by atoms with E-state index < -0.39 is 33.5 Å². The smallest absolute Gasteiger partial charge is 0.407 e. The number of rotatable bonds is 5. The van der Waals surface area contributed by atoms with Crippen LogP contribution in [-0.4, -0.2) is 32.3 Å². The van der Waals surface area contributed by atoms with Gasteiger partial charge in [0.2, 0.25) is 10.0 Å². The number of hydrogen-bond donors (Lipinski definition) is 2. The third-order valence-electron chi connectivity index (χ3n) is 5.34. The molecule has 0 aromatic heterocycles. The Hall–Kier alpha value is -1.60. The lowest BCUT2D eigenvalue weighted by Gasteiger charge is -2.33. The van der Waals surface area contributed by atoms with Crippen LogP contribution in [0, 0.1) is 0 Å². The maximum Gasteiger partial charge on any atom is 0.407 e. The number of benzene rings is 1. The third kappa shape index (κ3) is 4.38. The fourth-order valence-corrected chi connectivity index (χ4v) is 4.59. The van der Waals surface area contributed by atoms with Crippen molar-refractivity contribution in [1.29, 1.82) is 0 Å². The number of alkyl carbamates (subject to hydrolysis) is 1. The summed E-state index contributed by atoms with van der Waals surface area (Å²) in [6, 6.07) is 7.58. The molecule has 7 heteroatoms. The number of cyclic esters (lactones) is 1. The molecule has 1 aromatic rings. The van der Waals surface area contributed by atoms with E-state index in [2.05, 4.69) is 22.2 Å². The van der Waals surface area contributed by atoms with Crippen LogP contribution in [0.4, 0.5) is 4.79 Å². The Morgan fingerprint density at radius 2 is 1.69 bits per heavy atom. The van der Waals surface area contributed by atoms with Crippen LogP contribution in [0.2, 0.25) is 0 Å². The van der Waals surface area contributed by atoms with Gasteiger partial charge in [-0.25, -0.2) is 17.9 Å². The van der Waals surface area contributed by atoms with Crippen molar-refractivity contribution in [2.45, 2.75) is 69.3 Å². The fourth-order valence-electron chi connectivity index (χ4n) is 3.68. The first-order chi connectivity index (χ1) is 12.4. The second-order valence-corrected chi connectivity index (χ2v) is 9.80. The van der Waals surface area contributed by atoms with Crippen LogP contribution in [0.25, 0.3) is 0 Å². The zero-order valence-corrected chi connectivity index (χ0v) is 16.2. The van der Waals surface area contributed by atoms with E-state index in [9.17, 15) is 13.2 Å². The lowest BCUT2D eigenvalue weighted by molar-refractivity contribution is 0.0567. The molecule has 1 aliphatic heterocycles. The molecule has 2 aliphatic rings. The first-order valence-electron chi connectivity index (χ1n) is 9.42. The molecule has 0 bridgehead atoms. The number of sulfonamides is 1. The Balaban J connectivity index is 1.78. The van der Waals surface area contributed by atoms with Gasteiger partial charge in [-0.3, -0.25) is 0 Å². The molecule has 1 aromatic carbocycles. The highest BCUT2D eigenvalue weighted by atomic mass is 32.2. The molecular formula is C19H28N2O4S. The molecule has 1 heterocycles. The molecule has 0 spiro atoms. The second-order valence-electron chi connectivity index (χ2n) is 7.53. The van der Waals surface area contributed by atoms with Crippen LogP contribution in [0.15, 0.2) is 24.3 Å². The lowest BCUT2D eigenvalue weighted by Crippen LogP contribution is -2.53. The van der Waals surface area contributed by atoms with Gasteiger partial charge in [-0.15, -0.1) is 0 Å². The summed E-state index contributed by atoms with van der Waals surface area (Å²) < 4.78 is 32.6. The van der Waals surface area contributed by atoms with Gasteiger partial charge in [-0.05, 0) is 43.7 Å². The van der Waals surface area contributed by atoms with E-state index in [-0.39, 0.29) is 6.54 Å². The van der Waals surface area contributed by atoms with Gasteiger partial charge in [0.25, 0.3) is 0 Å². The molecule has 26 heavy (non-hydrogen) atoms. The van der Waals surface area contributed by atoms with Crippen molar-refractivity contribution in [2.75, 3.05) is 6.54 Å². The zero-order valence-electron chi connectivity index (χ0n) is 15.4. The predicted octanol–water partition coefficient (Wildman–Crippen LogP) is 3.21. The number of nitrogens with one attached hydrogen (secondary N) is 2. The van der Waals surface area contributed by atoms with E-state index in [0.717, 1.165) is 5.56 Å². The summed E-state index contributed by atoms with van der Waals surface area (Å²) in [5, 5.41) is 2.02. The normalized spacial score (nSPS) is 25.0. The van der Waals surface area contributed by atoms with Crippen molar-refractivity contribution in [2.24, 2.45) is 0 Å². The maximum absolute atomic E-state index is 12.2. The highest BCUT2D eigenvalue weighted by molar-refractivity contribution is 7.90. The van der Waals surface area contributed by atoms with Gasteiger partial charge in [-0.2, -0.15) is 0 Å². The van der Waals surface area contributed by atoms with Crippen LogP contribution in [-0.2, 0) is 14.8 Å². The van der Waals surface area contributed by atoms with Crippen molar-refractivity contribution < 1.29 is 17.9 Å². The summed E-state index contributed by atoms with van der Waals surface area (Å²) in [5.74, 6) is 0.601. The average Bonchev–Trinajstić information content (AvgIpc) is 2.64. The Morgan fingerprint density at radius 1 is 1.08 bits per heavy atom. The van der Waals surface area contributed by atoms with E-state index in [1.54, 1.807) is 13.8 Å². The summed E-state index contributed by atoms with van der Waals surface area (Å²) in [6.07, 6.45) is 5.16. The van der Waals surface area contributed by atoms with Crippen LogP contribution >= 0.6 is 0 Å². The highest BCUT2D eigenvalue weighted by Gasteiger charge is 2.35. The minimum absolute atomic E-state index is 0.208. The first kappa shape index (κ1) is 19.2. The Kier molecular flexibility index (Phi) is 5.87. The van der Waals surface area contributed by atoms with E-state index in [1.807, 2.05) is 12.1 Å². The molecule has 0 radical (unpaired) electrons. The maximum atomic E-state index is 12.2. The Bertz CT molecular complexity index is 724. The minimum Gasteiger partial charge on any atom is -0.440 e. The topological polar surface area (TPSA) is 84.5 Å².